The molecule has 29 heavy (non-hydrogen) atoms. The standard InChI is InChI=1S/C21H33N3O4S/c1-16(25)23-14-18-20(8-12-24(13-9-20)29(27,28)17-4-5-17)6-7-21(18,15-23)19(26)22-10-2-3-11-22/h17-18H,2-15H2,1H3/t18-,21+/m0/s1. The SMILES string of the molecule is CC(=O)N1C[C@H]2C3(CCN(S(=O)(=O)C4CC4)CC3)CC[C@@]2(C(=O)N2CCCC2)C1. The van der Waals surface area contributed by atoms with Crippen LogP contribution in [0.3, 0.4) is 0 Å². The molecule has 2 amide bonds. The maximum Gasteiger partial charge on any atom is 0.230 e. The molecule has 162 valence electrons. The van der Waals surface area contributed by atoms with Gasteiger partial charge in [-0.2, -0.15) is 0 Å². The first-order chi connectivity index (χ1) is 13.8. The fourth-order valence-corrected chi connectivity index (χ4v) is 8.59. The van der Waals surface area contributed by atoms with Crippen molar-refractivity contribution in [2.24, 2.45) is 16.7 Å². The minimum atomic E-state index is -3.13. The van der Waals surface area contributed by atoms with Crippen molar-refractivity contribution in [2.75, 3.05) is 39.3 Å². The quantitative estimate of drug-likeness (QED) is 0.688. The Bertz CT molecular complexity index is 810. The summed E-state index contributed by atoms with van der Waals surface area (Å²) in [6.07, 6.45) is 7.21. The van der Waals surface area contributed by atoms with Crippen LogP contribution >= 0.6 is 0 Å². The van der Waals surface area contributed by atoms with Crippen LogP contribution in [-0.2, 0) is 19.6 Å². The summed E-state index contributed by atoms with van der Waals surface area (Å²) in [6, 6.07) is 0. The molecule has 5 aliphatic rings. The average Bonchev–Trinajstić information content (AvgIpc) is 3.17. The van der Waals surface area contributed by atoms with E-state index in [-0.39, 0.29) is 28.4 Å². The highest BCUT2D eigenvalue weighted by Crippen LogP contribution is 2.63. The van der Waals surface area contributed by atoms with E-state index < -0.39 is 15.4 Å². The molecule has 2 aliphatic carbocycles. The minimum absolute atomic E-state index is 0.00481. The topological polar surface area (TPSA) is 78.0 Å². The third kappa shape index (κ3) is 2.96. The van der Waals surface area contributed by atoms with Crippen LogP contribution in [0.2, 0.25) is 0 Å². The van der Waals surface area contributed by atoms with E-state index in [1.165, 1.54) is 0 Å². The summed E-state index contributed by atoms with van der Waals surface area (Å²) in [6.45, 7) is 5.64. The van der Waals surface area contributed by atoms with Crippen molar-refractivity contribution in [3.8, 4) is 0 Å². The molecule has 2 atom stereocenters. The second-order valence-corrected chi connectivity index (χ2v) is 12.3. The van der Waals surface area contributed by atoms with Crippen LogP contribution < -0.4 is 0 Å². The summed E-state index contributed by atoms with van der Waals surface area (Å²) in [5.41, 5.74) is -0.456. The molecule has 3 aliphatic heterocycles. The van der Waals surface area contributed by atoms with Gasteiger partial charge in [-0.05, 0) is 62.7 Å². The smallest absolute Gasteiger partial charge is 0.230 e. The zero-order chi connectivity index (χ0) is 20.4. The number of likely N-dealkylation sites (tertiary alicyclic amines) is 2. The van der Waals surface area contributed by atoms with Gasteiger partial charge in [-0.25, -0.2) is 12.7 Å². The number of piperidine rings is 1. The molecule has 0 aromatic carbocycles. The van der Waals surface area contributed by atoms with Crippen molar-refractivity contribution < 1.29 is 18.0 Å². The van der Waals surface area contributed by atoms with E-state index in [2.05, 4.69) is 0 Å². The molecule has 5 rings (SSSR count). The molecule has 2 saturated carbocycles. The Balaban J connectivity index is 1.39. The minimum Gasteiger partial charge on any atom is -0.342 e. The van der Waals surface area contributed by atoms with Crippen molar-refractivity contribution in [3.63, 3.8) is 0 Å². The van der Waals surface area contributed by atoms with Gasteiger partial charge < -0.3 is 9.80 Å². The van der Waals surface area contributed by atoms with Gasteiger partial charge in [0, 0.05) is 46.2 Å². The summed E-state index contributed by atoms with van der Waals surface area (Å²) in [4.78, 5) is 29.8. The van der Waals surface area contributed by atoms with Crippen LogP contribution in [0.4, 0.5) is 0 Å². The molecule has 0 N–H and O–H groups in total. The van der Waals surface area contributed by atoms with Gasteiger partial charge in [0.15, 0.2) is 0 Å². The van der Waals surface area contributed by atoms with Crippen LogP contribution in [0.15, 0.2) is 0 Å². The molecule has 1 spiro atoms. The number of nitrogens with zero attached hydrogens (tertiary/aromatic N) is 3. The first-order valence-electron chi connectivity index (χ1n) is 11.3. The zero-order valence-corrected chi connectivity index (χ0v) is 18.3. The van der Waals surface area contributed by atoms with Crippen LogP contribution in [0.5, 0.6) is 0 Å². The Morgan fingerprint density at radius 3 is 2.14 bits per heavy atom. The molecular formula is C21H33N3O4S. The highest BCUT2D eigenvalue weighted by atomic mass is 32.2. The Hall–Kier alpha value is -1.15. The first kappa shape index (κ1) is 19.8. The van der Waals surface area contributed by atoms with Crippen molar-refractivity contribution in [2.45, 2.75) is 63.5 Å². The van der Waals surface area contributed by atoms with Gasteiger partial charge in [-0.15, -0.1) is 0 Å². The van der Waals surface area contributed by atoms with E-state index in [1.807, 2.05) is 9.80 Å². The third-order valence-corrected chi connectivity index (χ3v) is 11.0. The third-order valence-electron chi connectivity index (χ3n) is 8.64. The van der Waals surface area contributed by atoms with E-state index in [4.69, 9.17) is 0 Å². The maximum absolute atomic E-state index is 13.6. The number of hydrogen-bond acceptors (Lipinski definition) is 4. The molecule has 8 heteroatoms. The number of sulfonamides is 1. The lowest BCUT2D eigenvalue weighted by atomic mass is 9.66. The van der Waals surface area contributed by atoms with Crippen molar-refractivity contribution in [1.29, 1.82) is 0 Å². The summed E-state index contributed by atoms with van der Waals surface area (Å²) in [7, 11) is -3.13. The van der Waals surface area contributed by atoms with Crippen molar-refractivity contribution in [3.05, 3.63) is 0 Å². The fourth-order valence-electron chi connectivity index (χ4n) is 6.75. The Morgan fingerprint density at radius 1 is 0.897 bits per heavy atom. The van der Waals surface area contributed by atoms with Crippen molar-refractivity contribution in [1.82, 2.24) is 14.1 Å². The average molecular weight is 424 g/mol. The lowest BCUT2D eigenvalue weighted by molar-refractivity contribution is -0.143. The number of rotatable bonds is 3. The number of carbonyl (C=O) groups is 2. The molecule has 3 heterocycles. The molecule has 0 aromatic heterocycles. The summed E-state index contributed by atoms with van der Waals surface area (Å²) < 4.78 is 27.1. The molecule has 0 unspecified atom stereocenters. The lowest BCUT2D eigenvalue weighted by Crippen LogP contribution is -2.50. The summed E-state index contributed by atoms with van der Waals surface area (Å²) in [5.74, 6) is 0.475. The number of carbonyl (C=O) groups excluding carboxylic acids is 2. The fraction of sp³-hybridized carbons (Fsp3) is 0.905. The predicted octanol–water partition coefficient (Wildman–Crippen LogP) is 1.44. The van der Waals surface area contributed by atoms with E-state index in [1.54, 1.807) is 11.2 Å². The second-order valence-electron chi connectivity index (χ2n) is 10.1. The molecule has 0 aromatic rings. The van der Waals surface area contributed by atoms with Crippen molar-refractivity contribution >= 4 is 21.8 Å². The van der Waals surface area contributed by atoms with Gasteiger partial charge in [0.25, 0.3) is 0 Å². The van der Waals surface area contributed by atoms with Gasteiger partial charge in [0.05, 0.1) is 10.7 Å². The number of hydrogen-bond donors (Lipinski definition) is 0. The Kier molecular flexibility index (Phi) is 4.55. The van der Waals surface area contributed by atoms with Gasteiger partial charge in [-0.3, -0.25) is 9.59 Å². The van der Waals surface area contributed by atoms with Crippen LogP contribution in [-0.4, -0.2) is 78.9 Å². The summed E-state index contributed by atoms with van der Waals surface area (Å²) >= 11 is 0. The monoisotopic (exact) mass is 423 g/mol. The van der Waals surface area contributed by atoms with Crippen LogP contribution in [0.25, 0.3) is 0 Å². The first-order valence-corrected chi connectivity index (χ1v) is 12.8. The Morgan fingerprint density at radius 2 is 1.55 bits per heavy atom. The van der Waals surface area contributed by atoms with Crippen LogP contribution in [0, 0.1) is 16.7 Å². The zero-order valence-electron chi connectivity index (χ0n) is 17.4. The highest BCUT2D eigenvalue weighted by molar-refractivity contribution is 7.90. The maximum atomic E-state index is 13.6. The van der Waals surface area contributed by atoms with E-state index in [9.17, 15) is 18.0 Å². The van der Waals surface area contributed by atoms with Gasteiger partial charge >= 0.3 is 0 Å². The second kappa shape index (κ2) is 6.67. The molecule has 3 saturated heterocycles. The number of amides is 2. The normalized spacial score (nSPS) is 34.7. The summed E-state index contributed by atoms with van der Waals surface area (Å²) in [5, 5.41) is -0.157. The van der Waals surface area contributed by atoms with Crippen LogP contribution in [0.1, 0.15) is 58.3 Å². The molecule has 0 bridgehead atoms. The van der Waals surface area contributed by atoms with Gasteiger partial charge in [0.2, 0.25) is 21.8 Å². The molecular weight excluding hydrogens is 390 g/mol. The van der Waals surface area contributed by atoms with Gasteiger partial charge in [-0.1, -0.05) is 0 Å². The van der Waals surface area contributed by atoms with E-state index >= 15 is 0 Å². The number of fused-ring (bicyclic) bond motifs is 2. The van der Waals surface area contributed by atoms with Gasteiger partial charge in [0.1, 0.15) is 0 Å². The lowest BCUT2D eigenvalue weighted by Gasteiger charge is -2.44. The van der Waals surface area contributed by atoms with E-state index in [0.29, 0.717) is 26.2 Å². The Labute approximate surface area is 173 Å². The largest absolute Gasteiger partial charge is 0.342 e. The predicted molar refractivity (Wildman–Crippen MR) is 108 cm³/mol. The van der Waals surface area contributed by atoms with E-state index in [0.717, 1.165) is 64.5 Å². The highest BCUT2D eigenvalue weighted by Gasteiger charge is 2.65. The molecule has 0 radical (unpaired) electrons. The molecule has 7 nitrogen and oxygen atoms in total. The molecule has 5 fully saturated rings.